The topological polar surface area (TPSA) is 64.2 Å². The fourth-order valence-corrected chi connectivity index (χ4v) is 3.54. The summed E-state index contributed by atoms with van der Waals surface area (Å²) in [4.78, 5) is 19.3. The quantitative estimate of drug-likeness (QED) is 0.732. The van der Waals surface area contributed by atoms with Crippen LogP contribution in [0.25, 0.3) is 11.0 Å². The number of aryl methyl sites for hydroxylation is 2. The molecule has 1 aromatic carbocycles. The van der Waals surface area contributed by atoms with Gasteiger partial charge in [-0.2, -0.15) is 0 Å². The van der Waals surface area contributed by atoms with Crippen molar-refractivity contribution in [3.63, 3.8) is 0 Å². The molecule has 1 saturated heterocycles. The van der Waals surface area contributed by atoms with Gasteiger partial charge in [-0.1, -0.05) is 5.16 Å². The standard InChI is InChI=1S/C18H19FN4O2/c1-11-8-17(25-21-11)16-4-3-7-23(16)10-14-18(24)22(2)15-6-5-12(19)9-13(15)20-14/h5-6,8-9,16H,3-4,7,10H2,1-2H3. The summed E-state index contributed by atoms with van der Waals surface area (Å²) in [6.45, 7) is 3.15. The van der Waals surface area contributed by atoms with Gasteiger partial charge in [-0.25, -0.2) is 9.37 Å². The van der Waals surface area contributed by atoms with Crippen LogP contribution in [0.5, 0.6) is 0 Å². The van der Waals surface area contributed by atoms with Crippen molar-refractivity contribution < 1.29 is 8.91 Å². The number of aromatic nitrogens is 3. The second-order valence-electron chi connectivity index (χ2n) is 6.55. The number of rotatable bonds is 3. The molecule has 0 saturated carbocycles. The summed E-state index contributed by atoms with van der Waals surface area (Å²) in [5.74, 6) is 0.458. The number of benzene rings is 1. The molecule has 25 heavy (non-hydrogen) atoms. The fraction of sp³-hybridized carbons (Fsp3) is 0.389. The molecular weight excluding hydrogens is 323 g/mol. The number of nitrogens with zero attached hydrogens (tertiary/aromatic N) is 4. The van der Waals surface area contributed by atoms with Gasteiger partial charge in [0.1, 0.15) is 11.5 Å². The van der Waals surface area contributed by atoms with E-state index in [4.69, 9.17) is 4.52 Å². The van der Waals surface area contributed by atoms with E-state index < -0.39 is 0 Å². The molecule has 1 unspecified atom stereocenters. The molecule has 0 N–H and O–H groups in total. The Labute approximate surface area is 143 Å². The van der Waals surface area contributed by atoms with Gasteiger partial charge in [0.25, 0.3) is 5.56 Å². The second-order valence-corrected chi connectivity index (χ2v) is 6.55. The monoisotopic (exact) mass is 342 g/mol. The first-order valence-corrected chi connectivity index (χ1v) is 8.35. The van der Waals surface area contributed by atoms with Crippen LogP contribution in [0.1, 0.15) is 36.0 Å². The van der Waals surface area contributed by atoms with Crippen LogP contribution < -0.4 is 5.56 Å². The van der Waals surface area contributed by atoms with Crippen molar-refractivity contribution in [3.05, 3.63) is 57.6 Å². The Morgan fingerprint density at radius 3 is 2.96 bits per heavy atom. The first kappa shape index (κ1) is 16.0. The molecule has 1 aliphatic heterocycles. The van der Waals surface area contributed by atoms with Crippen LogP contribution in [0.3, 0.4) is 0 Å². The van der Waals surface area contributed by atoms with Crippen LogP contribution in [0.4, 0.5) is 4.39 Å². The molecular formula is C18H19FN4O2. The van der Waals surface area contributed by atoms with E-state index in [9.17, 15) is 9.18 Å². The molecule has 130 valence electrons. The summed E-state index contributed by atoms with van der Waals surface area (Å²) in [6, 6.07) is 6.31. The van der Waals surface area contributed by atoms with Crippen molar-refractivity contribution in [2.24, 2.45) is 7.05 Å². The molecule has 0 aliphatic carbocycles. The molecule has 1 aliphatic rings. The van der Waals surface area contributed by atoms with E-state index in [1.807, 2.05) is 13.0 Å². The third kappa shape index (κ3) is 2.84. The van der Waals surface area contributed by atoms with Gasteiger partial charge in [-0.3, -0.25) is 9.69 Å². The lowest BCUT2D eigenvalue weighted by molar-refractivity contribution is 0.204. The Balaban J connectivity index is 1.70. The highest BCUT2D eigenvalue weighted by atomic mass is 19.1. The van der Waals surface area contributed by atoms with Gasteiger partial charge >= 0.3 is 0 Å². The smallest absolute Gasteiger partial charge is 0.273 e. The molecule has 6 nitrogen and oxygen atoms in total. The minimum atomic E-state index is -0.360. The van der Waals surface area contributed by atoms with Crippen molar-refractivity contribution in [1.29, 1.82) is 0 Å². The SMILES string of the molecule is Cc1cc(C2CCCN2Cc2nc3cc(F)ccc3n(C)c2=O)on1. The van der Waals surface area contributed by atoms with E-state index in [2.05, 4.69) is 15.0 Å². The van der Waals surface area contributed by atoms with E-state index >= 15 is 0 Å². The highest BCUT2D eigenvalue weighted by Crippen LogP contribution is 2.33. The molecule has 1 fully saturated rings. The van der Waals surface area contributed by atoms with Crippen LogP contribution in [0.2, 0.25) is 0 Å². The summed E-state index contributed by atoms with van der Waals surface area (Å²) < 4.78 is 20.5. The van der Waals surface area contributed by atoms with E-state index in [0.717, 1.165) is 30.8 Å². The largest absolute Gasteiger partial charge is 0.359 e. The summed E-state index contributed by atoms with van der Waals surface area (Å²) in [6.07, 6.45) is 1.98. The molecule has 0 spiro atoms. The lowest BCUT2D eigenvalue weighted by atomic mass is 10.1. The van der Waals surface area contributed by atoms with Crippen LogP contribution in [0, 0.1) is 12.7 Å². The lowest BCUT2D eigenvalue weighted by Crippen LogP contribution is -2.30. The zero-order valence-electron chi connectivity index (χ0n) is 14.2. The van der Waals surface area contributed by atoms with Crippen molar-refractivity contribution in [1.82, 2.24) is 19.6 Å². The van der Waals surface area contributed by atoms with Gasteiger partial charge in [0.2, 0.25) is 0 Å². The van der Waals surface area contributed by atoms with Crippen molar-refractivity contribution >= 4 is 11.0 Å². The zero-order chi connectivity index (χ0) is 17.6. The van der Waals surface area contributed by atoms with Gasteiger partial charge in [-0.05, 0) is 38.4 Å². The van der Waals surface area contributed by atoms with Crippen molar-refractivity contribution in [2.75, 3.05) is 6.54 Å². The van der Waals surface area contributed by atoms with Gasteiger partial charge in [0.05, 0.1) is 22.8 Å². The molecule has 3 heterocycles. The maximum absolute atomic E-state index is 13.5. The molecule has 0 radical (unpaired) electrons. The minimum Gasteiger partial charge on any atom is -0.359 e. The predicted molar refractivity (Wildman–Crippen MR) is 90.6 cm³/mol. The molecule has 0 bridgehead atoms. The maximum atomic E-state index is 13.5. The van der Waals surface area contributed by atoms with Crippen LogP contribution in [0.15, 0.2) is 33.6 Å². The number of hydrogen-bond acceptors (Lipinski definition) is 5. The van der Waals surface area contributed by atoms with Gasteiger partial charge in [0.15, 0.2) is 5.76 Å². The van der Waals surface area contributed by atoms with Gasteiger partial charge < -0.3 is 9.09 Å². The highest BCUT2D eigenvalue weighted by Gasteiger charge is 2.30. The Morgan fingerprint density at radius 2 is 2.20 bits per heavy atom. The van der Waals surface area contributed by atoms with E-state index in [1.54, 1.807) is 13.1 Å². The maximum Gasteiger partial charge on any atom is 0.273 e. The van der Waals surface area contributed by atoms with E-state index in [1.165, 1.54) is 16.7 Å². The summed E-state index contributed by atoms with van der Waals surface area (Å²) in [5, 5.41) is 3.96. The molecule has 3 aromatic rings. The Hall–Kier alpha value is -2.54. The Kier molecular flexibility index (Phi) is 3.88. The fourth-order valence-electron chi connectivity index (χ4n) is 3.54. The molecule has 2 aromatic heterocycles. The summed E-state index contributed by atoms with van der Waals surface area (Å²) in [5.41, 5.74) is 2.22. The molecule has 7 heteroatoms. The zero-order valence-corrected chi connectivity index (χ0v) is 14.2. The normalized spacial score (nSPS) is 18.3. The highest BCUT2D eigenvalue weighted by molar-refractivity contribution is 5.74. The average molecular weight is 342 g/mol. The number of fused-ring (bicyclic) bond motifs is 1. The van der Waals surface area contributed by atoms with Crippen molar-refractivity contribution in [2.45, 2.75) is 32.4 Å². The molecule has 1 atom stereocenters. The average Bonchev–Trinajstić information content (AvgIpc) is 3.20. The summed E-state index contributed by atoms with van der Waals surface area (Å²) >= 11 is 0. The van der Waals surface area contributed by atoms with Gasteiger partial charge in [-0.15, -0.1) is 0 Å². The van der Waals surface area contributed by atoms with Crippen LogP contribution >= 0.6 is 0 Å². The lowest BCUT2D eigenvalue weighted by Gasteiger charge is -2.22. The second kappa shape index (κ2) is 6.07. The summed E-state index contributed by atoms with van der Waals surface area (Å²) in [7, 11) is 1.69. The first-order chi connectivity index (χ1) is 12.0. The predicted octanol–water partition coefficient (Wildman–Crippen LogP) is 2.71. The number of hydrogen-bond donors (Lipinski definition) is 0. The van der Waals surface area contributed by atoms with E-state index in [-0.39, 0.29) is 17.4 Å². The molecule has 0 amide bonds. The first-order valence-electron chi connectivity index (χ1n) is 8.35. The van der Waals surface area contributed by atoms with Crippen molar-refractivity contribution in [3.8, 4) is 0 Å². The Morgan fingerprint density at radius 1 is 1.36 bits per heavy atom. The Bertz CT molecular complexity index is 994. The van der Waals surface area contributed by atoms with E-state index in [0.29, 0.717) is 23.3 Å². The molecule has 4 rings (SSSR count). The number of halogens is 1. The third-order valence-corrected chi connectivity index (χ3v) is 4.80. The van der Waals surface area contributed by atoms with Crippen LogP contribution in [-0.4, -0.2) is 26.2 Å². The van der Waals surface area contributed by atoms with Gasteiger partial charge in [0, 0.05) is 25.7 Å². The number of likely N-dealkylation sites (tertiary alicyclic amines) is 1. The minimum absolute atomic E-state index is 0.0934. The van der Waals surface area contributed by atoms with Crippen LogP contribution in [-0.2, 0) is 13.6 Å². The third-order valence-electron chi connectivity index (χ3n) is 4.80.